The molecule has 1 rings (SSSR count). The Morgan fingerprint density at radius 1 is 1.27 bits per heavy atom. The van der Waals surface area contributed by atoms with E-state index in [1.165, 1.54) is 0 Å². The first-order chi connectivity index (χ1) is 12.0. The van der Waals surface area contributed by atoms with Gasteiger partial charge in [-0.1, -0.05) is 13.8 Å². The summed E-state index contributed by atoms with van der Waals surface area (Å²) in [6.45, 7) is 4.93. The molecule has 0 unspecified atom stereocenters. The fraction of sp³-hybridized carbons (Fsp3) is 0.812. The van der Waals surface area contributed by atoms with Gasteiger partial charge in [0.15, 0.2) is 5.54 Å². The molecule has 7 nitrogen and oxygen atoms in total. The van der Waals surface area contributed by atoms with Gasteiger partial charge in [0, 0.05) is 0 Å². The quantitative estimate of drug-likeness (QED) is 0.543. The molecule has 1 aliphatic heterocycles. The highest BCUT2D eigenvalue weighted by atomic mass is 19.4. The van der Waals surface area contributed by atoms with Crippen molar-refractivity contribution in [1.82, 2.24) is 16.0 Å². The maximum Gasteiger partial charge on any atom is 0.415 e. The summed E-state index contributed by atoms with van der Waals surface area (Å²) in [7, 11) is 0. The van der Waals surface area contributed by atoms with Gasteiger partial charge in [0.1, 0.15) is 12.6 Å². The van der Waals surface area contributed by atoms with Gasteiger partial charge in [-0.05, 0) is 38.6 Å². The number of hydrogen-bond acceptors (Lipinski definition) is 5. The van der Waals surface area contributed by atoms with Gasteiger partial charge < -0.3 is 15.4 Å². The van der Waals surface area contributed by atoms with Crippen molar-refractivity contribution in [1.29, 1.82) is 0 Å². The number of carbonyl (C=O) groups excluding carboxylic acids is 3. The van der Waals surface area contributed by atoms with E-state index in [1.807, 2.05) is 0 Å². The summed E-state index contributed by atoms with van der Waals surface area (Å²) in [5.74, 6) is -2.73. The minimum Gasteiger partial charge on any atom is -0.465 e. The first-order valence-corrected chi connectivity index (χ1v) is 8.59. The average molecular weight is 381 g/mol. The Labute approximate surface area is 150 Å². The molecule has 0 aromatic heterocycles. The summed E-state index contributed by atoms with van der Waals surface area (Å²) >= 11 is 0. The molecule has 10 heteroatoms. The molecule has 0 bridgehead atoms. The molecular formula is C16H26F3N3O4. The molecular weight excluding hydrogens is 355 g/mol. The van der Waals surface area contributed by atoms with Crippen molar-refractivity contribution < 1.29 is 32.3 Å². The van der Waals surface area contributed by atoms with Crippen LogP contribution < -0.4 is 16.0 Å². The first-order valence-electron chi connectivity index (χ1n) is 8.59. The summed E-state index contributed by atoms with van der Waals surface area (Å²) < 4.78 is 45.0. The monoisotopic (exact) mass is 381 g/mol. The van der Waals surface area contributed by atoms with Crippen molar-refractivity contribution >= 4 is 17.8 Å². The second kappa shape index (κ2) is 9.20. The summed E-state index contributed by atoms with van der Waals surface area (Å²) in [4.78, 5) is 36.0. The Balaban J connectivity index is 2.84. The molecule has 0 aliphatic carbocycles. The number of amides is 2. The van der Waals surface area contributed by atoms with Crippen molar-refractivity contribution in [3.05, 3.63) is 0 Å². The van der Waals surface area contributed by atoms with E-state index >= 15 is 0 Å². The standard InChI is InChI=1S/C16H26F3N3O4/c1-4-26-12(23)9-20-13(24)11(8-10(2)3)22-14(25)15(16(17,18)19)6-5-7-21-15/h10-11,21H,4-9H2,1-3H3,(H,20,24)(H,22,25)/t11-,15-/m0/s1. The molecule has 1 aliphatic rings. The van der Waals surface area contributed by atoms with E-state index in [2.05, 4.69) is 20.7 Å². The average Bonchev–Trinajstić information content (AvgIpc) is 3.02. The molecule has 150 valence electrons. The van der Waals surface area contributed by atoms with Gasteiger partial charge in [0.05, 0.1) is 6.61 Å². The van der Waals surface area contributed by atoms with Crippen LogP contribution in [0.4, 0.5) is 13.2 Å². The van der Waals surface area contributed by atoms with Crippen LogP contribution in [0.2, 0.25) is 0 Å². The van der Waals surface area contributed by atoms with Gasteiger partial charge in [0.2, 0.25) is 11.8 Å². The summed E-state index contributed by atoms with van der Waals surface area (Å²) in [6.07, 6.45) is -4.83. The van der Waals surface area contributed by atoms with Crippen LogP contribution in [0, 0.1) is 5.92 Å². The van der Waals surface area contributed by atoms with Crippen molar-refractivity contribution in [2.45, 2.75) is 57.8 Å². The lowest BCUT2D eigenvalue weighted by molar-refractivity contribution is -0.196. The predicted octanol–water partition coefficient (Wildman–Crippen LogP) is 0.881. The smallest absolute Gasteiger partial charge is 0.415 e. The highest BCUT2D eigenvalue weighted by Gasteiger charge is 2.61. The Morgan fingerprint density at radius 3 is 2.38 bits per heavy atom. The van der Waals surface area contributed by atoms with E-state index in [4.69, 9.17) is 0 Å². The second-order valence-electron chi connectivity index (χ2n) is 6.61. The lowest BCUT2D eigenvalue weighted by Gasteiger charge is -2.32. The molecule has 1 fully saturated rings. The zero-order valence-corrected chi connectivity index (χ0v) is 15.2. The van der Waals surface area contributed by atoms with Gasteiger partial charge in [0.25, 0.3) is 0 Å². The molecule has 1 saturated heterocycles. The van der Waals surface area contributed by atoms with Crippen LogP contribution in [0.25, 0.3) is 0 Å². The molecule has 0 aromatic carbocycles. The number of halogens is 3. The molecule has 1 heterocycles. The molecule has 0 radical (unpaired) electrons. The molecule has 2 amide bonds. The Kier molecular flexibility index (Phi) is 7.86. The van der Waals surface area contributed by atoms with E-state index in [-0.39, 0.29) is 38.3 Å². The van der Waals surface area contributed by atoms with Gasteiger partial charge in [-0.2, -0.15) is 13.2 Å². The minimum atomic E-state index is -4.78. The predicted molar refractivity (Wildman–Crippen MR) is 87.1 cm³/mol. The van der Waals surface area contributed by atoms with E-state index in [9.17, 15) is 27.6 Å². The van der Waals surface area contributed by atoms with E-state index in [1.54, 1.807) is 20.8 Å². The number of nitrogens with one attached hydrogen (secondary N) is 3. The van der Waals surface area contributed by atoms with Crippen LogP contribution in [0.5, 0.6) is 0 Å². The molecule has 0 saturated carbocycles. The van der Waals surface area contributed by atoms with Crippen molar-refractivity contribution in [3.63, 3.8) is 0 Å². The topological polar surface area (TPSA) is 96.5 Å². The van der Waals surface area contributed by atoms with Crippen molar-refractivity contribution in [2.24, 2.45) is 5.92 Å². The maximum absolute atomic E-state index is 13.4. The molecule has 0 spiro atoms. The Bertz CT molecular complexity index is 517. The SMILES string of the molecule is CCOC(=O)CNC(=O)[C@H](CC(C)C)NC(=O)[C@]1(C(F)(F)F)CCCN1. The molecule has 26 heavy (non-hydrogen) atoms. The normalized spacial score (nSPS) is 21.3. The number of ether oxygens (including phenoxy) is 1. The highest BCUT2D eigenvalue weighted by Crippen LogP contribution is 2.37. The van der Waals surface area contributed by atoms with Crippen LogP contribution in [0.15, 0.2) is 0 Å². The Morgan fingerprint density at radius 2 is 1.92 bits per heavy atom. The van der Waals surface area contributed by atoms with Gasteiger partial charge >= 0.3 is 12.1 Å². The van der Waals surface area contributed by atoms with E-state index < -0.39 is 42.1 Å². The molecule has 0 aromatic rings. The van der Waals surface area contributed by atoms with Crippen LogP contribution in [0.1, 0.15) is 40.0 Å². The highest BCUT2D eigenvalue weighted by molar-refractivity contribution is 5.93. The number of alkyl halides is 3. The number of carbonyl (C=O) groups is 3. The molecule has 2 atom stereocenters. The van der Waals surface area contributed by atoms with E-state index in [0.29, 0.717) is 0 Å². The zero-order chi connectivity index (χ0) is 20.0. The third kappa shape index (κ3) is 5.58. The van der Waals surface area contributed by atoms with Gasteiger partial charge in [-0.15, -0.1) is 0 Å². The van der Waals surface area contributed by atoms with Crippen molar-refractivity contribution in [3.8, 4) is 0 Å². The summed E-state index contributed by atoms with van der Waals surface area (Å²) in [5.41, 5.74) is -2.69. The van der Waals surface area contributed by atoms with Crippen LogP contribution in [0.3, 0.4) is 0 Å². The van der Waals surface area contributed by atoms with Crippen LogP contribution >= 0.6 is 0 Å². The Hall–Kier alpha value is -1.84. The van der Waals surface area contributed by atoms with Crippen LogP contribution in [-0.4, -0.2) is 55.2 Å². The fourth-order valence-electron chi connectivity index (χ4n) is 2.79. The number of hydrogen-bond donors (Lipinski definition) is 3. The van der Waals surface area contributed by atoms with E-state index in [0.717, 1.165) is 0 Å². The second-order valence-corrected chi connectivity index (χ2v) is 6.61. The van der Waals surface area contributed by atoms with Crippen molar-refractivity contribution in [2.75, 3.05) is 19.7 Å². The summed E-state index contributed by atoms with van der Waals surface area (Å²) in [6, 6.07) is -1.18. The molecule has 3 N–H and O–H groups in total. The van der Waals surface area contributed by atoms with Gasteiger partial charge in [-0.25, -0.2) is 0 Å². The third-order valence-electron chi connectivity index (χ3n) is 4.07. The maximum atomic E-state index is 13.4. The van der Waals surface area contributed by atoms with Gasteiger partial charge in [-0.3, -0.25) is 19.7 Å². The number of rotatable bonds is 8. The van der Waals surface area contributed by atoms with Crippen LogP contribution in [-0.2, 0) is 19.1 Å². The zero-order valence-electron chi connectivity index (χ0n) is 15.2. The largest absolute Gasteiger partial charge is 0.465 e. The lowest BCUT2D eigenvalue weighted by atomic mass is 9.94. The lowest BCUT2D eigenvalue weighted by Crippen LogP contribution is -2.65. The third-order valence-corrected chi connectivity index (χ3v) is 4.07. The fourth-order valence-corrected chi connectivity index (χ4v) is 2.79. The first kappa shape index (κ1) is 22.2. The number of esters is 1. The minimum absolute atomic E-state index is 0.0629. The summed E-state index contributed by atoms with van der Waals surface area (Å²) in [5, 5.41) is 6.73.